The van der Waals surface area contributed by atoms with Crippen LogP contribution in [0.25, 0.3) is 0 Å². The van der Waals surface area contributed by atoms with Crippen LogP contribution in [0.2, 0.25) is 0 Å². The number of benzene rings is 2. The van der Waals surface area contributed by atoms with Crippen molar-refractivity contribution in [2.75, 3.05) is 91.9 Å². The Bertz CT molecular complexity index is 866. The maximum atomic E-state index is 13.0. The molecule has 0 radical (unpaired) electrons. The lowest BCUT2D eigenvalue weighted by molar-refractivity contribution is -0.133. The van der Waals surface area contributed by atoms with Gasteiger partial charge in [0.1, 0.15) is 60.8 Å². The maximum Gasteiger partial charge on any atom is 0.314 e. The topological polar surface area (TPSA) is 132 Å². The van der Waals surface area contributed by atoms with Crippen molar-refractivity contribution in [2.24, 2.45) is 0 Å². The van der Waals surface area contributed by atoms with E-state index in [1.54, 1.807) is 64.8 Å². The van der Waals surface area contributed by atoms with E-state index in [1.165, 1.54) is 0 Å². The second-order valence-electron chi connectivity index (χ2n) is 7.53. The third-order valence-electron chi connectivity index (χ3n) is 4.84. The molecule has 2 rings (SSSR count). The molecule has 0 aliphatic heterocycles. The van der Waals surface area contributed by atoms with E-state index in [-0.39, 0.29) is 37.8 Å². The molecule has 0 aliphatic rings. The molecule has 0 aliphatic carbocycles. The van der Waals surface area contributed by atoms with Crippen LogP contribution in [-0.4, -0.2) is 93.1 Å². The Labute approximate surface area is 222 Å². The molecule has 2 aromatic carbocycles. The molecular weight excluding hydrogens is 500 g/mol. The van der Waals surface area contributed by atoms with Crippen molar-refractivity contribution in [2.45, 2.75) is 0 Å². The molecule has 0 unspecified atom stereocenters. The largest absolute Gasteiger partial charge is 0.489 e. The highest BCUT2D eigenvalue weighted by Gasteiger charge is 2.23. The van der Waals surface area contributed by atoms with Crippen molar-refractivity contribution in [3.05, 3.63) is 36.4 Å². The molecule has 210 valence electrons. The fourth-order valence-corrected chi connectivity index (χ4v) is 3.03. The second kappa shape index (κ2) is 17.8. The number of hydrogen-bond donors (Lipinski definition) is 2. The maximum absolute atomic E-state index is 13.0. The molecule has 12 heteroatoms. The predicted molar refractivity (Wildman–Crippen MR) is 140 cm³/mol. The predicted octanol–water partition coefficient (Wildman–Crippen LogP) is 2.36. The summed E-state index contributed by atoms with van der Waals surface area (Å²) in [5.41, 5.74) is 0.391. The van der Waals surface area contributed by atoms with E-state index < -0.39 is 11.8 Å². The number of anilines is 2. The van der Waals surface area contributed by atoms with Crippen LogP contribution in [0.3, 0.4) is 0 Å². The number of para-hydroxylation sites is 2. The summed E-state index contributed by atoms with van der Waals surface area (Å²) in [6.45, 7) is 2.21. The van der Waals surface area contributed by atoms with E-state index in [4.69, 9.17) is 37.9 Å². The first-order valence-corrected chi connectivity index (χ1v) is 11.9. The van der Waals surface area contributed by atoms with Crippen molar-refractivity contribution in [3.8, 4) is 23.0 Å². The van der Waals surface area contributed by atoms with Crippen molar-refractivity contribution in [3.63, 3.8) is 0 Å². The second-order valence-corrected chi connectivity index (χ2v) is 7.53. The Balaban J connectivity index is 2.26. The van der Waals surface area contributed by atoms with Gasteiger partial charge in [-0.15, -0.1) is 0 Å². The molecule has 38 heavy (non-hydrogen) atoms. The van der Waals surface area contributed by atoms with Crippen LogP contribution in [0.5, 0.6) is 23.0 Å². The first-order chi connectivity index (χ1) is 18.5. The molecule has 0 heterocycles. The standard InChI is InChI=1S/C26H36N2O10/c1-31-11-15-35-19-7-5-8-20(36-16-12-32-2)23(19)27-25(29)26(30)28-24-21(37-17-13-33-3)9-6-10-22(24)38-18-14-34-4/h5-10H,11-18H2,1-4H3,(H,27,29)(H,28,30). The van der Waals surface area contributed by atoms with Crippen LogP contribution in [0, 0.1) is 0 Å². The van der Waals surface area contributed by atoms with E-state index in [0.717, 1.165) is 0 Å². The van der Waals surface area contributed by atoms with Crippen LogP contribution in [0.1, 0.15) is 0 Å². The van der Waals surface area contributed by atoms with Gasteiger partial charge in [-0.2, -0.15) is 0 Å². The van der Waals surface area contributed by atoms with Gasteiger partial charge in [0.05, 0.1) is 26.4 Å². The number of hydrogen-bond acceptors (Lipinski definition) is 10. The van der Waals surface area contributed by atoms with Gasteiger partial charge in [0.15, 0.2) is 0 Å². The van der Waals surface area contributed by atoms with Gasteiger partial charge in [0.2, 0.25) is 0 Å². The minimum Gasteiger partial charge on any atom is -0.489 e. The molecule has 0 atom stereocenters. The van der Waals surface area contributed by atoms with Gasteiger partial charge in [0, 0.05) is 28.4 Å². The van der Waals surface area contributed by atoms with Gasteiger partial charge < -0.3 is 48.5 Å². The smallest absolute Gasteiger partial charge is 0.314 e. The van der Waals surface area contributed by atoms with E-state index in [2.05, 4.69) is 10.6 Å². The summed E-state index contributed by atoms with van der Waals surface area (Å²) in [5.74, 6) is -0.678. The molecule has 12 nitrogen and oxygen atoms in total. The lowest BCUT2D eigenvalue weighted by Crippen LogP contribution is -2.30. The summed E-state index contributed by atoms with van der Waals surface area (Å²) >= 11 is 0. The summed E-state index contributed by atoms with van der Waals surface area (Å²) in [6, 6.07) is 9.99. The highest BCUT2D eigenvalue weighted by atomic mass is 16.5. The van der Waals surface area contributed by atoms with E-state index >= 15 is 0 Å². The summed E-state index contributed by atoms with van der Waals surface area (Å²) in [7, 11) is 6.19. The number of ether oxygens (including phenoxy) is 8. The highest BCUT2D eigenvalue weighted by Crippen LogP contribution is 2.36. The van der Waals surface area contributed by atoms with Gasteiger partial charge >= 0.3 is 11.8 Å². The monoisotopic (exact) mass is 536 g/mol. The van der Waals surface area contributed by atoms with Gasteiger partial charge in [-0.05, 0) is 24.3 Å². The van der Waals surface area contributed by atoms with E-state index in [0.29, 0.717) is 49.4 Å². The van der Waals surface area contributed by atoms with Crippen molar-refractivity contribution in [1.29, 1.82) is 0 Å². The first-order valence-electron chi connectivity index (χ1n) is 11.9. The molecule has 2 N–H and O–H groups in total. The van der Waals surface area contributed by atoms with Crippen LogP contribution in [0.15, 0.2) is 36.4 Å². The summed E-state index contributed by atoms with van der Waals surface area (Å²) in [5, 5.41) is 5.18. The number of methoxy groups -OCH3 is 4. The number of carbonyl (C=O) groups is 2. The Morgan fingerprint density at radius 3 is 1.00 bits per heavy atom. The van der Waals surface area contributed by atoms with Gasteiger partial charge in [-0.1, -0.05) is 12.1 Å². The molecule has 2 amide bonds. The Morgan fingerprint density at radius 1 is 0.500 bits per heavy atom. The quantitative estimate of drug-likeness (QED) is 0.216. The minimum absolute atomic E-state index is 0.195. The van der Waals surface area contributed by atoms with Crippen molar-refractivity contribution < 1.29 is 47.5 Å². The zero-order chi connectivity index (χ0) is 27.6. The number of amides is 2. The van der Waals surface area contributed by atoms with Crippen LogP contribution in [0.4, 0.5) is 11.4 Å². The molecular formula is C26H36N2O10. The van der Waals surface area contributed by atoms with Gasteiger partial charge in [-0.25, -0.2) is 0 Å². The Kier molecular flexibility index (Phi) is 14.4. The van der Waals surface area contributed by atoms with Crippen molar-refractivity contribution in [1.82, 2.24) is 0 Å². The molecule has 0 bridgehead atoms. The van der Waals surface area contributed by atoms with Gasteiger partial charge in [0.25, 0.3) is 0 Å². The van der Waals surface area contributed by atoms with Crippen LogP contribution in [-0.2, 0) is 28.5 Å². The molecule has 0 saturated heterocycles. The first kappa shape index (κ1) is 30.6. The lowest BCUT2D eigenvalue weighted by atomic mass is 10.2. The molecule has 0 spiro atoms. The molecule has 2 aromatic rings. The average molecular weight is 537 g/mol. The van der Waals surface area contributed by atoms with Crippen molar-refractivity contribution >= 4 is 23.2 Å². The molecule has 0 aromatic heterocycles. The van der Waals surface area contributed by atoms with Crippen LogP contribution < -0.4 is 29.6 Å². The zero-order valence-corrected chi connectivity index (χ0v) is 22.2. The third-order valence-corrected chi connectivity index (χ3v) is 4.84. The normalized spacial score (nSPS) is 10.5. The molecule has 0 saturated carbocycles. The average Bonchev–Trinajstić information content (AvgIpc) is 2.92. The van der Waals surface area contributed by atoms with E-state index in [1.807, 2.05) is 0 Å². The zero-order valence-electron chi connectivity index (χ0n) is 22.2. The summed E-state index contributed by atoms with van der Waals surface area (Å²) < 4.78 is 43.0. The minimum atomic E-state index is -0.959. The fraction of sp³-hybridized carbons (Fsp3) is 0.462. The summed E-state index contributed by atoms with van der Waals surface area (Å²) in [6.07, 6.45) is 0. The number of carbonyl (C=O) groups excluding carboxylic acids is 2. The SMILES string of the molecule is COCCOc1cccc(OCCOC)c1NC(=O)C(=O)Nc1c(OCCOC)cccc1OCCOC. The van der Waals surface area contributed by atoms with Crippen LogP contribution >= 0.6 is 0 Å². The Hall–Kier alpha value is -3.58. The lowest BCUT2D eigenvalue weighted by Gasteiger charge is -2.18. The molecule has 0 fully saturated rings. The highest BCUT2D eigenvalue weighted by molar-refractivity contribution is 6.44. The Morgan fingerprint density at radius 2 is 0.763 bits per heavy atom. The van der Waals surface area contributed by atoms with E-state index in [9.17, 15) is 9.59 Å². The number of rotatable bonds is 18. The number of nitrogens with one attached hydrogen (secondary N) is 2. The van der Waals surface area contributed by atoms with Gasteiger partial charge in [-0.3, -0.25) is 9.59 Å². The third kappa shape index (κ3) is 10.1. The summed E-state index contributed by atoms with van der Waals surface area (Å²) in [4.78, 5) is 26.0. The fourth-order valence-electron chi connectivity index (χ4n) is 3.03.